The summed E-state index contributed by atoms with van der Waals surface area (Å²) < 4.78 is 10.9. The maximum absolute atomic E-state index is 13.2. The van der Waals surface area contributed by atoms with Crippen LogP contribution in [0, 0.1) is 0 Å². The number of rotatable bonds is 6. The van der Waals surface area contributed by atoms with Gasteiger partial charge in [0, 0.05) is 30.0 Å². The first-order chi connectivity index (χ1) is 14.6. The van der Waals surface area contributed by atoms with Gasteiger partial charge in [-0.3, -0.25) is 9.59 Å². The molecule has 1 heterocycles. The van der Waals surface area contributed by atoms with E-state index in [-0.39, 0.29) is 23.5 Å². The molecule has 0 saturated carbocycles. The molecule has 1 aliphatic heterocycles. The van der Waals surface area contributed by atoms with E-state index < -0.39 is 0 Å². The number of allylic oxidation sites excluding steroid dienone is 2. The van der Waals surface area contributed by atoms with E-state index in [9.17, 15) is 9.59 Å². The Kier molecular flexibility index (Phi) is 5.88. The summed E-state index contributed by atoms with van der Waals surface area (Å²) in [6.45, 7) is 2.74. The number of Topliss-reactive ketones (excluding diaryl/α,β-unsaturated/α-hetero) is 1. The van der Waals surface area contributed by atoms with Gasteiger partial charge in [0.2, 0.25) is 5.91 Å². The highest BCUT2D eigenvalue weighted by Crippen LogP contribution is 2.42. The molecule has 1 aliphatic carbocycles. The number of hydrogen-bond acceptors (Lipinski definition) is 4. The Bertz CT molecular complexity index is 960. The van der Waals surface area contributed by atoms with Crippen LogP contribution in [0.4, 0.5) is 0 Å². The minimum absolute atomic E-state index is 0.0340. The van der Waals surface area contributed by atoms with Gasteiger partial charge in [-0.15, -0.1) is 0 Å². The summed E-state index contributed by atoms with van der Waals surface area (Å²) in [7, 11) is 1.64. The number of amides is 1. The van der Waals surface area contributed by atoms with Crippen molar-refractivity contribution in [3.8, 4) is 11.5 Å². The number of hydrogen-bond donors (Lipinski definition) is 1. The molecule has 2 aliphatic rings. The van der Waals surface area contributed by atoms with Crippen molar-refractivity contribution in [1.82, 2.24) is 5.32 Å². The molecule has 5 nitrogen and oxygen atoms in total. The van der Waals surface area contributed by atoms with Gasteiger partial charge in [-0.2, -0.15) is 0 Å². The van der Waals surface area contributed by atoms with Crippen LogP contribution in [0.15, 0.2) is 59.8 Å². The van der Waals surface area contributed by atoms with E-state index in [1.54, 1.807) is 7.11 Å². The third-order valence-electron chi connectivity index (χ3n) is 5.88. The Morgan fingerprint density at radius 1 is 0.900 bits per heavy atom. The standard InChI is InChI=1S/C25H27NO4/c1-3-12-30-20-10-6-17(7-11-20)21-15-24(28)26-22-13-18(14-23(27)25(21)22)16-4-8-19(29-2)9-5-16/h4-11,18,21H,3,12-15H2,1-2H3,(H,26,28). The molecular weight excluding hydrogens is 378 g/mol. The second-order valence-electron chi connectivity index (χ2n) is 7.92. The molecule has 4 rings (SSSR count). The minimum atomic E-state index is -0.196. The molecule has 30 heavy (non-hydrogen) atoms. The Labute approximate surface area is 177 Å². The lowest BCUT2D eigenvalue weighted by atomic mass is 9.73. The van der Waals surface area contributed by atoms with Crippen molar-refractivity contribution in [1.29, 1.82) is 0 Å². The van der Waals surface area contributed by atoms with Crippen molar-refractivity contribution < 1.29 is 19.1 Å². The molecular formula is C25H27NO4. The van der Waals surface area contributed by atoms with Crippen LogP contribution in [0.1, 0.15) is 55.6 Å². The number of carbonyl (C=O) groups excluding carboxylic acids is 2. The summed E-state index contributed by atoms with van der Waals surface area (Å²) in [5.74, 6) is 1.55. The normalized spacial score (nSPS) is 21.1. The van der Waals surface area contributed by atoms with Crippen molar-refractivity contribution >= 4 is 11.7 Å². The zero-order valence-electron chi connectivity index (χ0n) is 17.4. The fourth-order valence-electron chi connectivity index (χ4n) is 4.37. The largest absolute Gasteiger partial charge is 0.497 e. The molecule has 0 aromatic heterocycles. The summed E-state index contributed by atoms with van der Waals surface area (Å²) in [6, 6.07) is 15.6. The van der Waals surface area contributed by atoms with Crippen molar-refractivity contribution in [2.24, 2.45) is 0 Å². The minimum Gasteiger partial charge on any atom is -0.497 e. The van der Waals surface area contributed by atoms with Crippen LogP contribution < -0.4 is 14.8 Å². The second-order valence-corrected chi connectivity index (χ2v) is 7.92. The van der Waals surface area contributed by atoms with Gasteiger partial charge in [-0.25, -0.2) is 0 Å². The molecule has 2 aromatic rings. The molecule has 156 valence electrons. The van der Waals surface area contributed by atoms with E-state index >= 15 is 0 Å². The predicted octanol–water partition coefficient (Wildman–Crippen LogP) is 4.49. The molecule has 0 saturated heterocycles. The lowest BCUT2D eigenvalue weighted by Gasteiger charge is -2.34. The van der Waals surface area contributed by atoms with Crippen molar-refractivity contribution in [3.05, 3.63) is 70.9 Å². The number of nitrogens with one attached hydrogen (secondary N) is 1. The molecule has 2 unspecified atom stereocenters. The zero-order chi connectivity index (χ0) is 21.1. The monoisotopic (exact) mass is 405 g/mol. The van der Waals surface area contributed by atoms with Gasteiger partial charge in [-0.05, 0) is 54.2 Å². The SMILES string of the molecule is CCCOc1ccc(C2CC(=O)NC3=C2C(=O)CC(c2ccc(OC)cc2)C3)cc1. The smallest absolute Gasteiger partial charge is 0.225 e. The van der Waals surface area contributed by atoms with Gasteiger partial charge in [0.15, 0.2) is 5.78 Å². The highest BCUT2D eigenvalue weighted by Gasteiger charge is 2.38. The lowest BCUT2D eigenvalue weighted by Crippen LogP contribution is -2.38. The topological polar surface area (TPSA) is 64.6 Å². The van der Waals surface area contributed by atoms with Gasteiger partial charge in [-0.1, -0.05) is 31.2 Å². The van der Waals surface area contributed by atoms with Crippen molar-refractivity contribution in [2.75, 3.05) is 13.7 Å². The quantitative estimate of drug-likeness (QED) is 0.769. The third-order valence-corrected chi connectivity index (χ3v) is 5.88. The average molecular weight is 405 g/mol. The number of carbonyl (C=O) groups is 2. The Hall–Kier alpha value is -3.08. The molecule has 0 bridgehead atoms. The first kappa shape index (κ1) is 20.2. The first-order valence-electron chi connectivity index (χ1n) is 10.5. The van der Waals surface area contributed by atoms with E-state index in [1.165, 1.54) is 0 Å². The van der Waals surface area contributed by atoms with Crippen LogP contribution >= 0.6 is 0 Å². The Morgan fingerprint density at radius 2 is 1.57 bits per heavy atom. The zero-order valence-corrected chi connectivity index (χ0v) is 17.4. The summed E-state index contributed by atoms with van der Waals surface area (Å²) in [5.41, 5.74) is 3.61. The maximum atomic E-state index is 13.2. The molecule has 2 aromatic carbocycles. The number of ketones is 1. The van der Waals surface area contributed by atoms with E-state index in [0.717, 1.165) is 40.3 Å². The van der Waals surface area contributed by atoms with Crippen LogP contribution in [0.3, 0.4) is 0 Å². The van der Waals surface area contributed by atoms with E-state index in [2.05, 4.69) is 12.2 Å². The molecule has 5 heteroatoms. The van der Waals surface area contributed by atoms with Crippen LogP contribution in [0.5, 0.6) is 11.5 Å². The number of methoxy groups -OCH3 is 1. The maximum Gasteiger partial charge on any atom is 0.225 e. The Morgan fingerprint density at radius 3 is 2.23 bits per heavy atom. The predicted molar refractivity (Wildman–Crippen MR) is 115 cm³/mol. The summed E-state index contributed by atoms with van der Waals surface area (Å²) in [4.78, 5) is 25.6. The van der Waals surface area contributed by atoms with Crippen LogP contribution in [0.25, 0.3) is 0 Å². The molecule has 1 amide bonds. The van der Waals surface area contributed by atoms with Crippen LogP contribution in [-0.2, 0) is 9.59 Å². The van der Waals surface area contributed by atoms with E-state index in [0.29, 0.717) is 25.9 Å². The van der Waals surface area contributed by atoms with Crippen molar-refractivity contribution in [3.63, 3.8) is 0 Å². The van der Waals surface area contributed by atoms with Gasteiger partial charge in [0.25, 0.3) is 0 Å². The highest BCUT2D eigenvalue weighted by atomic mass is 16.5. The van der Waals surface area contributed by atoms with Gasteiger partial charge >= 0.3 is 0 Å². The lowest BCUT2D eigenvalue weighted by molar-refractivity contribution is -0.122. The molecule has 0 spiro atoms. The van der Waals surface area contributed by atoms with E-state index in [4.69, 9.17) is 9.47 Å². The fraction of sp³-hybridized carbons (Fsp3) is 0.360. The first-order valence-corrected chi connectivity index (χ1v) is 10.5. The average Bonchev–Trinajstić information content (AvgIpc) is 2.77. The van der Waals surface area contributed by atoms with Gasteiger partial charge in [0.05, 0.1) is 13.7 Å². The fourth-order valence-corrected chi connectivity index (χ4v) is 4.37. The second kappa shape index (κ2) is 8.74. The van der Waals surface area contributed by atoms with Gasteiger partial charge < -0.3 is 14.8 Å². The van der Waals surface area contributed by atoms with Gasteiger partial charge in [0.1, 0.15) is 11.5 Å². The summed E-state index contributed by atoms with van der Waals surface area (Å²) >= 11 is 0. The highest BCUT2D eigenvalue weighted by molar-refractivity contribution is 6.02. The molecule has 0 fully saturated rings. The number of ether oxygens (including phenoxy) is 2. The molecule has 0 radical (unpaired) electrons. The summed E-state index contributed by atoms with van der Waals surface area (Å²) in [5, 5.41) is 2.98. The molecule has 2 atom stereocenters. The van der Waals surface area contributed by atoms with Crippen LogP contribution in [0.2, 0.25) is 0 Å². The Balaban J connectivity index is 1.60. The summed E-state index contributed by atoms with van der Waals surface area (Å²) in [6.07, 6.45) is 2.36. The van der Waals surface area contributed by atoms with Crippen molar-refractivity contribution in [2.45, 2.75) is 44.4 Å². The van der Waals surface area contributed by atoms with Crippen LogP contribution in [-0.4, -0.2) is 25.4 Å². The van der Waals surface area contributed by atoms with E-state index in [1.807, 2.05) is 48.5 Å². The number of benzene rings is 2. The molecule has 1 N–H and O–H groups in total. The third kappa shape index (κ3) is 4.11.